The Bertz CT molecular complexity index is 330. The molecule has 0 aromatic carbocycles. The van der Waals surface area contributed by atoms with Crippen molar-refractivity contribution in [1.82, 2.24) is 0 Å². The molecule has 0 saturated heterocycles. The third kappa shape index (κ3) is 57.5. The fourth-order valence-electron chi connectivity index (χ4n) is 4.77. The first-order chi connectivity index (χ1) is 21.5. The van der Waals surface area contributed by atoms with E-state index in [4.69, 9.17) is 0 Å². The SMILES string of the molecule is CCC[CH2][Sn]([CH2]CCC)[CH2]CCC.CCC[CH2][Sn]([CH2]CCC)[CH2]CCC.CCC[CH2][Sn][CH2]CCC.CCC[CH2][Sn][CH2]CCC. The van der Waals surface area contributed by atoms with Gasteiger partial charge in [0, 0.05) is 0 Å². The molecule has 44 heavy (non-hydrogen) atoms. The Morgan fingerprint density at radius 2 is 0.409 bits per heavy atom. The summed E-state index contributed by atoms with van der Waals surface area (Å²) in [6.07, 6.45) is 29.4. The van der Waals surface area contributed by atoms with E-state index in [1.165, 1.54) is 128 Å². The van der Waals surface area contributed by atoms with Crippen molar-refractivity contribution >= 4 is 81.8 Å². The quantitative estimate of drug-likeness (QED) is 0.0497. The third-order valence-electron chi connectivity index (χ3n) is 8.13. The summed E-state index contributed by atoms with van der Waals surface area (Å²) in [5, 5.41) is 0. The van der Waals surface area contributed by atoms with Crippen molar-refractivity contribution < 1.29 is 0 Å². The van der Waals surface area contributed by atoms with Gasteiger partial charge in [0.05, 0.1) is 0 Å². The van der Waals surface area contributed by atoms with Crippen molar-refractivity contribution in [3.8, 4) is 0 Å². The van der Waals surface area contributed by atoms with Gasteiger partial charge in [0.25, 0.3) is 0 Å². The van der Waals surface area contributed by atoms with E-state index >= 15 is 0 Å². The van der Waals surface area contributed by atoms with E-state index in [1.54, 1.807) is 44.4 Å². The molecular weight excluding hydrogens is 955 g/mol. The van der Waals surface area contributed by atoms with Gasteiger partial charge in [-0.2, -0.15) is 0 Å². The molecule has 0 amide bonds. The maximum absolute atomic E-state index is 2.33. The van der Waals surface area contributed by atoms with Crippen molar-refractivity contribution in [2.45, 2.75) is 242 Å². The number of hydrogen-bond acceptors (Lipinski definition) is 0. The predicted molar refractivity (Wildman–Crippen MR) is 220 cm³/mol. The van der Waals surface area contributed by atoms with E-state index in [2.05, 4.69) is 69.2 Å². The van der Waals surface area contributed by atoms with E-state index in [0.717, 1.165) is 0 Å². The molecule has 0 atom stereocenters. The summed E-state index contributed by atoms with van der Waals surface area (Å²) in [6.45, 7) is 23.2. The Morgan fingerprint density at radius 3 is 0.545 bits per heavy atom. The van der Waals surface area contributed by atoms with Crippen LogP contribution >= 0.6 is 0 Å². The topological polar surface area (TPSA) is 0 Å². The van der Waals surface area contributed by atoms with Crippen molar-refractivity contribution in [3.63, 3.8) is 0 Å². The fourth-order valence-corrected chi connectivity index (χ4v) is 32.0. The zero-order valence-electron chi connectivity index (χ0n) is 33.2. The molecule has 0 aliphatic rings. The summed E-state index contributed by atoms with van der Waals surface area (Å²) in [4.78, 5) is 0. The zero-order valence-corrected chi connectivity index (χ0v) is 44.6. The molecule has 0 aromatic rings. The Labute approximate surface area is 320 Å². The standard InChI is InChI=1S/10C4H9.4Sn/c10*1-3-4-2;;;;/h10*1,3-4H2,2H3;;;;. The van der Waals surface area contributed by atoms with Gasteiger partial charge in [-0.05, 0) is 0 Å². The molecule has 0 aromatic heterocycles. The first-order valence-electron chi connectivity index (χ1n) is 20.6. The summed E-state index contributed by atoms with van der Waals surface area (Å²) in [6, 6.07) is 0. The van der Waals surface area contributed by atoms with Gasteiger partial charge in [0.2, 0.25) is 0 Å². The molecule has 0 nitrogen and oxygen atoms in total. The molecule has 0 bridgehead atoms. The summed E-state index contributed by atoms with van der Waals surface area (Å²) in [7, 11) is 0. The fraction of sp³-hybridized carbons (Fsp3) is 1.00. The van der Waals surface area contributed by atoms with Crippen molar-refractivity contribution in [2.75, 3.05) is 0 Å². The second-order valence-corrected chi connectivity index (χ2v) is 38.7. The second-order valence-electron chi connectivity index (χ2n) is 13.0. The average molecular weight is 1050 g/mol. The number of unbranched alkanes of at least 4 members (excludes halogenated alkanes) is 10. The van der Waals surface area contributed by atoms with Gasteiger partial charge in [-0.3, -0.25) is 0 Å². The molecule has 266 valence electrons. The maximum atomic E-state index is 2.33. The van der Waals surface area contributed by atoms with Gasteiger partial charge in [0.15, 0.2) is 0 Å². The van der Waals surface area contributed by atoms with Crippen LogP contribution in [-0.4, -0.2) is 81.8 Å². The summed E-state index contributed by atoms with van der Waals surface area (Å²) in [5.41, 5.74) is 0. The Kier molecular flexibility index (Phi) is 68.2. The van der Waals surface area contributed by atoms with Crippen LogP contribution in [0.4, 0.5) is 0 Å². The van der Waals surface area contributed by atoms with E-state index in [0.29, 0.717) is 0 Å². The molecule has 0 saturated carbocycles. The first kappa shape index (κ1) is 54.0. The van der Waals surface area contributed by atoms with Crippen LogP contribution in [0, 0.1) is 0 Å². The van der Waals surface area contributed by atoms with Crippen molar-refractivity contribution in [2.24, 2.45) is 0 Å². The van der Waals surface area contributed by atoms with Crippen LogP contribution in [-0.2, 0) is 0 Å². The van der Waals surface area contributed by atoms with Gasteiger partial charge >= 0.3 is 324 Å². The van der Waals surface area contributed by atoms with Crippen LogP contribution in [0.25, 0.3) is 0 Å². The van der Waals surface area contributed by atoms with Crippen LogP contribution in [0.2, 0.25) is 44.4 Å². The van der Waals surface area contributed by atoms with Crippen LogP contribution in [0.5, 0.6) is 0 Å². The minimum atomic E-state index is -0.839. The second kappa shape index (κ2) is 55.6. The molecular formula is C40H90Sn4. The Hall–Kier alpha value is 3.19. The molecule has 0 spiro atoms. The van der Waals surface area contributed by atoms with Gasteiger partial charge in [0.1, 0.15) is 0 Å². The normalized spacial score (nSPS) is 10.6. The molecule has 0 aliphatic heterocycles. The molecule has 0 heterocycles. The molecule has 0 unspecified atom stereocenters. The summed E-state index contributed by atoms with van der Waals surface area (Å²) < 4.78 is 16.6. The number of hydrogen-bond donors (Lipinski definition) is 0. The van der Waals surface area contributed by atoms with Crippen molar-refractivity contribution in [3.05, 3.63) is 0 Å². The van der Waals surface area contributed by atoms with Gasteiger partial charge < -0.3 is 0 Å². The van der Waals surface area contributed by atoms with E-state index in [1.807, 2.05) is 0 Å². The van der Waals surface area contributed by atoms with Crippen LogP contribution in [0.15, 0.2) is 0 Å². The van der Waals surface area contributed by atoms with E-state index < -0.39 is 39.5 Å². The molecule has 0 fully saturated rings. The molecule has 4 heteroatoms. The molecule has 0 aliphatic carbocycles. The van der Waals surface area contributed by atoms with Gasteiger partial charge in [-0.15, -0.1) is 0 Å². The zero-order chi connectivity index (χ0) is 33.8. The van der Waals surface area contributed by atoms with E-state index in [9.17, 15) is 0 Å². The van der Waals surface area contributed by atoms with Crippen LogP contribution in [0.3, 0.4) is 0 Å². The van der Waals surface area contributed by atoms with Crippen LogP contribution < -0.4 is 0 Å². The van der Waals surface area contributed by atoms with Crippen molar-refractivity contribution in [1.29, 1.82) is 0 Å². The van der Waals surface area contributed by atoms with E-state index in [-0.39, 0.29) is 42.3 Å². The average Bonchev–Trinajstić information content (AvgIpc) is 3.05. The first-order valence-corrected chi connectivity index (χ1v) is 40.8. The third-order valence-corrected chi connectivity index (χ3v) is 34.4. The summed E-state index contributed by atoms with van der Waals surface area (Å²) >= 11 is -1.38. The molecule has 0 N–H and O–H groups in total. The molecule has 6 radical (unpaired) electrons. The minimum absolute atomic E-state index is 0.149. The Balaban J connectivity index is -0.000000246. The Morgan fingerprint density at radius 1 is 0.250 bits per heavy atom. The van der Waals surface area contributed by atoms with Gasteiger partial charge in [-0.1, -0.05) is 0 Å². The monoisotopic (exact) mass is 1050 g/mol. The predicted octanol–water partition coefficient (Wildman–Crippen LogP) is 16.0. The summed E-state index contributed by atoms with van der Waals surface area (Å²) in [5.74, 6) is 0. The van der Waals surface area contributed by atoms with Gasteiger partial charge in [-0.25, -0.2) is 0 Å². The molecule has 0 rings (SSSR count). The van der Waals surface area contributed by atoms with Crippen LogP contribution in [0.1, 0.15) is 198 Å². The number of rotatable bonds is 30.